The molecule has 0 unspecified atom stereocenters. The first-order valence-corrected chi connectivity index (χ1v) is 11.6. The van der Waals surface area contributed by atoms with Crippen molar-refractivity contribution in [3.05, 3.63) is 105 Å². The molecule has 4 N–H and O–H groups in total. The third-order valence-corrected chi connectivity index (χ3v) is 6.31. The number of rotatable bonds is 7. The van der Waals surface area contributed by atoms with Crippen molar-refractivity contribution in [3.63, 3.8) is 0 Å². The third kappa shape index (κ3) is 4.84. The van der Waals surface area contributed by atoms with Crippen molar-refractivity contribution in [1.82, 2.24) is 20.3 Å². The quantitative estimate of drug-likeness (QED) is 0.269. The van der Waals surface area contributed by atoms with Gasteiger partial charge in [0.25, 0.3) is 5.91 Å². The van der Waals surface area contributed by atoms with Crippen LogP contribution >= 0.6 is 23.2 Å². The van der Waals surface area contributed by atoms with Crippen LogP contribution in [-0.2, 0) is 19.5 Å². The van der Waals surface area contributed by atoms with Crippen LogP contribution in [0.15, 0.2) is 61.1 Å². The fourth-order valence-electron chi connectivity index (χ4n) is 4.18. The van der Waals surface area contributed by atoms with Gasteiger partial charge in [-0.3, -0.25) is 14.8 Å². The normalized spacial score (nSPS) is 11.4. The number of pyridine rings is 2. The minimum Gasteiger partial charge on any atom is -0.366 e. The van der Waals surface area contributed by atoms with Gasteiger partial charge in [0.15, 0.2) is 0 Å². The smallest absolute Gasteiger partial charge is 0.250 e. The highest BCUT2D eigenvalue weighted by molar-refractivity contribution is 6.35. The van der Waals surface area contributed by atoms with E-state index in [2.05, 4.69) is 20.3 Å². The number of amides is 1. The molecule has 3 heterocycles. The average Bonchev–Trinajstić information content (AvgIpc) is 3.21. The number of nitrogens with one attached hydrogen (secondary N) is 2. The van der Waals surface area contributed by atoms with Gasteiger partial charge >= 0.3 is 0 Å². The summed E-state index contributed by atoms with van der Waals surface area (Å²) in [6.07, 6.45) is 5.30. The first kappa shape index (κ1) is 23.2. The van der Waals surface area contributed by atoms with Gasteiger partial charge in [-0.1, -0.05) is 29.3 Å². The van der Waals surface area contributed by atoms with Gasteiger partial charge in [-0.2, -0.15) is 0 Å². The molecule has 0 saturated carbocycles. The maximum atomic E-state index is 14.8. The van der Waals surface area contributed by atoms with Crippen LogP contribution < -0.4 is 11.1 Å². The van der Waals surface area contributed by atoms with Crippen molar-refractivity contribution in [1.29, 1.82) is 0 Å². The molecule has 0 fully saturated rings. The number of nitrogens with zero attached hydrogens (tertiary/aromatic N) is 2. The van der Waals surface area contributed by atoms with Crippen molar-refractivity contribution in [2.45, 2.75) is 19.5 Å². The lowest BCUT2D eigenvalue weighted by molar-refractivity contribution is 0.100. The van der Waals surface area contributed by atoms with Crippen LogP contribution in [0.5, 0.6) is 0 Å². The lowest BCUT2D eigenvalue weighted by atomic mass is 10.0. The van der Waals surface area contributed by atoms with E-state index in [1.807, 2.05) is 24.3 Å². The van der Waals surface area contributed by atoms with Crippen LogP contribution in [0.4, 0.5) is 4.39 Å². The van der Waals surface area contributed by atoms with Crippen molar-refractivity contribution < 1.29 is 9.18 Å². The van der Waals surface area contributed by atoms with Gasteiger partial charge in [-0.25, -0.2) is 4.39 Å². The SMILES string of the molecule is NC(=O)c1cc(Cc2cc(CNCc3ccc4[nH]cc(Cl)c4c3F)ccn2)cc2cc(Cl)cnc12. The summed E-state index contributed by atoms with van der Waals surface area (Å²) in [7, 11) is 0. The van der Waals surface area contributed by atoms with Gasteiger partial charge in [-0.05, 0) is 47.5 Å². The van der Waals surface area contributed by atoms with Gasteiger partial charge < -0.3 is 16.0 Å². The second-order valence-corrected chi connectivity index (χ2v) is 9.11. The molecular formula is C26H20Cl2FN5O. The Morgan fingerprint density at radius 3 is 2.74 bits per heavy atom. The molecule has 5 rings (SSSR count). The summed E-state index contributed by atoms with van der Waals surface area (Å²) in [6, 6.07) is 12.9. The summed E-state index contributed by atoms with van der Waals surface area (Å²) >= 11 is 12.2. The van der Waals surface area contributed by atoms with E-state index >= 15 is 0 Å². The molecule has 0 aliphatic carbocycles. The Morgan fingerprint density at radius 2 is 1.91 bits per heavy atom. The number of primary amides is 1. The van der Waals surface area contributed by atoms with E-state index in [0.29, 0.717) is 57.1 Å². The molecule has 0 aliphatic heterocycles. The number of fused-ring (bicyclic) bond motifs is 2. The highest BCUT2D eigenvalue weighted by Gasteiger charge is 2.13. The number of carbonyl (C=O) groups excluding carboxylic acids is 1. The van der Waals surface area contributed by atoms with Crippen LogP contribution in [0.1, 0.15) is 32.7 Å². The number of aromatic amines is 1. The Kier molecular flexibility index (Phi) is 6.38. The fraction of sp³-hybridized carbons (Fsp3) is 0.115. The van der Waals surface area contributed by atoms with E-state index in [1.54, 1.807) is 30.6 Å². The van der Waals surface area contributed by atoms with Crippen LogP contribution in [0.2, 0.25) is 10.0 Å². The van der Waals surface area contributed by atoms with E-state index in [4.69, 9.17) is 28.9 Å². The van der Waals surface area contributed by atoms with Crippen LogP contribution in [0, 0.1) is 5.82 Å². The Hall–Kier alpha value is -3.52. The molecule has 0 radical (unpaired) electrons. The number of carbonyl (C=O) groups is 1. The maximum absolute atomic E-state index is 14.8. The number of nitrogens with two attached hydrogens (primary N) is 1. The van der Waals surface area contributed by atoms with E-state index < -0.39 is 5.91 Å². The Balaban J connectivity index is 1.32. The number of hydrogen-bond donors (Lipinski definition) is 3. The van der Waals surface area contributed by atoms with Crippen molar-refractivity contribution in [2.75, 3.05) is 0 Å². The molecule has 176 valence electrons. The van der Waals surface area contributed by atoms with Gasteiger partial charge in [-0.15, -0.1) is 0 Å². The van der Waals surface area contributed by atoms with Crippen LogP contribution in [0.3, 0.4) is 0 Å². The summed E-state index contributed by atoms with van der Waals surface area (Å²) in [4.78, 5) is 23.7. The molecule has 2 aromatic carbocycles. The second-order valence-electron chi connectivity index (χ2n) is 8.27. The summed E-state index contributed by atoms with van der Waals surface area (Å²) in [5.74, 6) is -0.878. The summed E-state index contributed by atoms with van der Waals surface area (Å²) in [6.45, 7) is 0.874. The summed E-state index contributed by atoms with van der Waals surface area (Å²) < 4.78 is 14.8. The number of H-pyrrole nitrogens is 1. The van der Waals surface area contributed by atoms with E-state index in [-0.39, 0.29) is 5.82 Å². The predicted molar refractivity (Wildman–Crippen MR) is 136 cm³/mol. The topological polar surface area (TPSA) is 96.7 Å². The first-order chi connectivity index (χ1) is 16.9. The zero-order chi connectivity index (χ0) is 24.5. The molecule has 35 heavy (non-hydrogen) atoms. The van der Waals surface area contributed by atoms with Gasteiger partial charge in [0.2, 0.25) is 0 Å². The molecule has 0 saturated heterocycles. The molecule has 9 heteroatoms. The number of halogens is 3. The zero-order valence-electron chi connectivity index (χ0n) is 18.4. The van der Waals surface area contributed by atoms with Gasteiger partial charge in [0.05, 0.1) is 26.5 Å². The lowest BCUT2D eigenvalue weighted by Crippen LogP contribution is -2.14. The molecule has 3 aromatic heterocycles. The van der Waals surface area contributed by atoms with Gasteiger partial charge in [0, 0.05) is 60.3 Å². The number of hydrogen-bond acceptors (Lipinski definition) is 4. The van der Waals surface area contributed by atoms with Crippen molar-refractivity contribution in [2.24, 2.45) is 5.73 Å². The molecule has 0 atom stereocenters. The molecule has 0 aliphatic rings. The van der Waals surface area contributed by atoms with E-state index in [1.165, 1.54) is 6.20 Å². The molecule has 5 aromatic rings. The molecule has 0 spiro atoms. The highest BCUT2D eigenvalue weighted by atomic mass is 35.5. The highest BCUT2D eigenvalue weighted by Crippen LogP contribution is 2.28. The number of aromatic nitrogens is 3. The minimum absolute atomic E-state index is 0.326. The predicted octanol–water partition coefficient (Wildman–Crippen LogP) is 5.54. The first-order valence-electron chi connectivity index (χ1n) is 10.9. The standard InChI is InChI=1S/C26H20Cl2FN5O/c27-18-9-17-5-15(8-20(26(30)35)25(17)34-12-18)7-19-6-14(3-4-32-19)10-31-11-16-1-2-22-23(24(16)29)21(28)13-33-22/h1-6,8-9,12-13,31,33H,7,10-11H2,(H2,30,35). The minimum atomic E-state index is -0.552. The monoisotopic (exact) mass is 507 g/mol. The van der Waals surface area contributed by atoms with Crippen LogP contribution in [0.25, 0.3) is 21.8 Å². The lowest BCUT2D eigenvalue weighted by Gasteiger charge is -2.10. The van der Waals surface area contributed by atoms with Crippen molar-refractivity contribution in [3.8, 4) is 0 Å². The Labute approximate surface area is 210 Å². The molecule has 1 amide bonds. The molecule has 6 nitrogen and oxygen atoms in total. The van der Waals surface area contributed by atoms with E-state index in [0.717, 1.165) is 22.2 Å². The fourth-order valence-corrected chi connectivity index (χ4v) is 4.59. The van der Waals surface area contributed by atoms with Crippen molar-refractivity contribution >= 4 is 50.9 Å². The van der Waals surface area contributed by atoms with Gasteiger partial charge in [0.1, 0.15) is 5.82 Å². The maximum Gasteiger partial charge on any atom is 0.250 e. The zero-order valence-corrected chi connectivity index (χ0v) is 19.9. The second kappa shape index (κ2) is 9.62. The summed E-state index contributed by atoms with van der Waals surface area (Å²) in [5.41, 5.74) is 10.3. The summed E-state index contributed by atoms with van der Waals surface area (Å²) in [5, 5.41) is 5.26. The average molecular weight is 508 g/mol. The Morgan fingerprint density at radius 1 is 1.06 bits per heavy atom. The third-order valence-electron chi connectivity index (χ3n) is 5.80. The van der Waals surface area contributed by atoms with Crippen LogP contribution in [-0.4, -0.2) is 20.9 Å². The molecular weight excluding hydrogens is 488 g/mol. The number of benzene rings is 2. The van der Waals surface area contributed by atoms with E-state index in [9.17, 15) is 9.18 Å². The largest absolute Gasteiger partial charge is 0.366 e. The Bertz CT molecular complexity index is 1580. The molecule has 0 bridgehead atoms.